The summed E-state index contributed by atoms with van der Waals surface area (Å²) in [7, 11) is 3.90. The van der Waals surface area contributed by atoms with E-state index in [2.05, 4.69) is 5.32 Å². The van der Waals surface area contributed by atoms with Gasteiger partial charge in [0.2, 0.25) is 11.8 Å². The molecule has 1 radical (unpaired) electrons. The van der Waals surface area contributed by atoms with Gasteiger partial charge in [-0.2, -0.15) is 0 Å². The Hall–Kier alpha value is -1.47. The number of nitrogens with one attached hydrogen (secondary N) is 1. The molecular weight excluding hydrogens is 310 g/mol. The lowest BCUT2D eigenvalue weighted by molar-refractivity contribution is -0.124. The Morgan fingerprint density at radius 3 is 2.67 bits per heavy atom. The van der Waals surface area contributed by atoms with Crippen LogP contribution in [0.5, 0.6) is 0 Å². The first-order chi connectivity index (χ1) is 11.2. The summed E-state index contributed by atoms with van der Waals surface area (Å²) in [5.74, 6) is -0.800. The molecule has 0 aromatic heterocycles. The fourth-order valence-electron chi connectivity index (χ4n) is 2.61. The van der Waals surface area contributed by atoms with Gasteiger partial charge < -0.3 is 20.7 Å². The second-order valence-electron chi connectivity index (χ2n) is 6.84. The average Bonchev–Trinajstić information content (AvgIpc) is 2.84. The van der Waals surface area contributed by atoms with Crippen molar-refractivity contribution in [2.24, 2.45) is 17.6 Å². The highest BCUT2D eigenvalue weighted by atomic mass is 16.5. The molecule has 0 spiro atoms. The molecule has 1 aliphatic heterocycles. The SMILES string of the molecule is CC(CC[CH]C(=O)NC1C(=O)COC1CCN(C)C)C(C)C(N)=O. The summed E-state index contributed by atoms with van der Waals surface area (Å²) in [4.78, 5) is 37.1. The van der Waals surface area contributed by atoms with Gasteiger partial charge in [-0.25, -0.2) is 0 Å². The molecule has 7 heteroatoms. The average molecular weight is 340 g/mol. The van der Waals surface area contributed by atoms with Gasteiger partial charge in [-0.3, -0.25) is 14.4 Å². The van der Waals surface area contributed by atoms with Crippen LogP contribution in [0.15, 0.2) is 0 Å². The van der Waals surface area contributed by atoms with Gasteiger partial charge in [0.1, 0.15) is 12.6 Å². The lowest BCUT2D eigenvalue weighted by Gasteiger charge is -2.20. The zero-order chi connectivity index (χ0) is 18.3. The summed E-state index contributed by atoms with van der Waals surface area (Å²) >= 11 is 0. The normalized spacial score (nSPS) is 23.3. The van der Waals surface area contributed by atoms with Crippen LogP contribution in [0.2, 0.25) is 0 Å². The number of hydrogen-bond donors (Lipinski definition) is 2. The topological polar surface area (TPSA) is 102 Å². The van der Waals surface area contributed by atoms with Gasteiger partial charge in [0.05, 0.1) is 6.10 Å². The molecule has 1 fully saturated rings. The second-order valence-corrected chi connectivity index (χ2v) is 6.84. The highest BCUT2D eigenvalue weighted by Crippen LogP contribution is 2.18. The summed E-state index contributed by atoms with van der Waals surface area (Å²) in [6, 6.07) is -0.573. The fourth-order valence-corrected chi connectivity index (χ4v) is 2.61. The summed E-state index contributed by atoms with van der Waals surface area (Å²) in [6.45, 7) is 4.57. The number of ketones is 1. The minimum absolute atomic E-state index is 0.0518. The van der Waals surface area contributed by atoms with Crippen LogP contribution in [0, 0.1) is 18.3 Å². The lowest BCUT2D eigenvalue weighted by atomic mass is 9.90. The Bertz CT molecular complexity index is 453. The molecule has 7 nitrogen and oxygen atoms in total. The van der Waals surface area contributed by atoms with Crippen molar-refractivity contribution >= 4 is 17.6 Å². The summed E-state index contributed by atoms with van der Waals surface area (Å²) in [6.07, 6.45) is 3.17. The Labute approximate surface area is 144 Å². The van der Waals surface area contributed by atoms with Crippen molar-refractivity contribution in [3.05, 3.63) is 6.42 Å². The highest BCUT2D eigenvalue weighted by Gasteiger charge is 2.36. The van der Waals surface area contributed by atoms with Crippen molar-refractivity contribution in [2.45, 2.75) is 45.3 Å². The first-order valence-electron chi connectivity index (χ1n) is 8.44. The summed E-state index contributed by atoms with van der Waals surface area (Å²) in [5, 5.41) is 2.75. The number of rotatable bonds is 10. The maximum Gasteiger partial charge on any atom is 0.224 e. The van der Waals surface area contributed by atoms with E-state index in [1.54, 1.807) is 6.92 Å². The molecule has 24 heavy (non-hydrogen) atoms. The van der Waals surface area contributed by atoms with Gasteiger partial charge in [-0.05, 0) is 39.3 Å². The van der Waals surface area contributed by atoms with Gasteiger partial charge >= 0.3 is 0 Å². The Morgan fingerprint density at radius 1 is 1.42 bits per heavy atom. The minimum atomic E-state index is -0.573. The number of hydrogen-bond acceptors (Lipinski definition) is 5. The zero-order valence-corrected chi connectivity index (χ0v) is 15.1. The van der Waals surface area contributed by atoms with Crippen LogP contribution in [0.1, 0.15) is 33.1 Å². The molecule has 1 aliphatic rings. The van der Waals surface area contributed by atoms with E-state index in [9.17, 15) is 14.4 Å². The number of primary amides is 1. The molecule has 0 saturated carbocycles. The quantitative estimate of drug-likeness (QED) is 0.589. The van der Waals surface area contributed by atoms with Crippen LogP contribution >= 0.6 is 0 Å². The molecule has 2 amide bonds. The Balaban J connectivity index is 2.37. The van der Waals surface area contributed by atoms with E-state index in [1.165, 1.54) is 6.42 Å². The predicted octanol–water partition coefficient (Wildman–Crippen LogP) is 0.133. The lowest BCUT2D eigenvalue weighted by Crippen LogP contribution is -2.45. The third-order valence-corrected chi connectivity index (χ3v) is 4.57. The largest absolute Gasteiger partial charge is 0.369 e. The van der Waals surface area contributed by atoms with Gasteiger partial charge in [-0.1, -0.05) is 13.8 Å². The van der Waals surface area contributed by atoms with E-state index in [0.29, 0.717) is 19.3 Å². The van der Waals surface area contributed by atoms with Crippen molar-refractivity contribution in [2.75, 3.05) is 27.2 Å². The van der Waals surface area contributed by atoms with E-state index in [0.717, 1.165) is 6.54 Å². The van der Waals surface area contributed by atoms with E-state index in [1.807, 2.05) is 25.9 Å². The number of nitrogens with two attached hydrogens (primary N) is 1. The second kappa shape index (κ2) is 9.74. The summed E-state index contributed by atoms with van der Waals surface area (Å²) in [5.41, 5.74) is 5.27. The molecular formula is C17H30N3O4. The number of Topliss-reactive ketones (excluding diaryl/α,β-unsaturated/α-hetero) is 1. The third-order valence-electron chi connectivity index (χ3n) is 4.57. The van der Waals surface area contributed by atoms with Crippen molar-refractivity contribution in [1.82, 2.24) is 10.2 Å². The van der Waals surface area contributed by atoms with Gasteiger partial charge in [0.15, 0.2) is 5.78 Å². The molecule has 1 rings (SSSR count). The molecule has 0 aliphatic carbocycles. The number of carbonyl (C=O) groups excluding carboxylic acids is 3. The monoisotopic (exact) mass is 340 g/mol. The van der Waals surface area contributed by atoms with Crippen LogP contribution in [0.3, 0.4) is 0 Å². The van der Waals surface area contributed by atoms with Crippen molar-refractivity contribution < 1.29 is 19.1 Å². The number of nitrogens with zero attached hydrogens (tertiary/aromatic N) is 1. The van der Waals surface area contributed by atoms with E-state index < -0.39 is 6.04 Å². The maximum absolute atomic E-state index is 12.0. The number of amides is 2. The van der Waals surface area contributed by atoms with E-state index in [-0.39, 0.29) is 42.1 Å². The van der Waals surface area contributed by atoms with Crippen LogP contribution in [0.4, 0.5) is 0 Å². The molecule has 1 heterocycles. The van der Waals surface area contributed by atoms with Crippen molar-refractivity contribution in [1.29, 1.82) is 0 Å². The standard InChI is InChI=1S/C17H30N3O4/c1-11(12(2)17(18)23)6-5-7-15(22)19-16-13(21)10-24-14(16)8-9-20(3)4/h7,11-12,14,16H,5-6,8-10H2,1-4H3,(H2,18,23)(H,19,22). The predicted molar refractivity (Wildman–Crippen MR) is 90.9 cm³/mol. The first kappa shape index (κ1) is 20.6. The molecule has 3 N–H and O–H groups in total. The highest BCUT2D eigenvalue weighted by molar-refractivity contribution is 5.94. The molecule has 4 atom stereocenters. The van der Waals surface area contributed by atoms with Crippen molar-refractivity contribution in [3.63, 3.8) is 0 Å². The zero-order valence-electron chi connectivity index (χ0n) is 15.1. The van der Waals surface area contributed by atoms with Crippen LogP contribution in [-0.4, -0.2) is 61.9 Å². The van der Waals surface area contributed by atoms with Gasteiger partial charge in [0, 0.05) is 18.9 Å². The smallest absolute Gasteiger partial charge is 0.224 e. The van der Waals surface area contributed by atoms with Crippen LogP contribution in [-0.2, 0) is 19.1 Å². The number of ether oxygens (including phenoxy) is 1. The minimum Gasteiger partial charge on any atom is -0.369 e. The van der Waals surface area contributed by atoms with E-state index in [4.69, 9.17) is 10.5 Å². The molecule has 4 unspecified atom stereocenters. The Kier molecular flexibility index (Phi) is 8.35. The maximum atomic E-state index is 12.0. The summed E-state index contributed by atoms with van der Waals surface area (Å²) < 4.78 is 5.47. The van der Waals surface area contributed by atoms with E-state index >= 15 is 0 Å². The first-order valence-corrected chi connectivity index (χ1v) is 8.44. The fraction of sp³-hybridized carbons (Fsp3) is 0.765. The number of carbonyl (C=O) groups is 3. The molecule has 137 valence electrons. The Morgan fingerprint density at radius 2 is 2.08 bits per heavy atom. The van der Waals surface area contributed by atoms with Gasteiger partial charge in [0.25, 0.3) is 0 Å². The third kappa shape index (κ3) is 6.57. The van der Waals surface area contributed by atoms with Gasteiger partial charge in [-0.15, -0.1) is 0 Å². The molecule has 0 aromatic rings. The van der Waals surface area contributed by atoms with Crippen molar-refractivity contribution in [3.8, 4) is 0 Å². The molecule has 0 aromatic carbocycles. The van der Waals surface area contributed by atoms with Crippen LogP contribution in [0.25, 0.3) is 0 Å². The molecule has 1 saturated heterocycles. The van der Waals surface area contributed by atoms with Crippen LogP contribution < -0.4 is 11.1 Å². The molecule has 0 bridgehead atoms.